The van der Waals surface area contributed by atoms with Crippen LogP contribution in [0.3, 0.4) is 0 Å². The molecule has 7 heteroatoms. The minimum absolute atomic E-state index is 0.406. The van der Waals surface area contributed by atoms with Crippen LogP contribution in [0.4, 0.5) is 5.82 Å². The highest BCUT2D eigenvalue weighted by Gasteiger charge is 2.24. The van der Waals surface area contributed by atoms with Gasteiger partial charge in [-0.2, -0.15) is 21.4 Å². The van der Waals surface area contributed by atoms with Crippen molar-refractivity contribution in [2.45, 2.75) is 24.5 Å². The van der Waals surface area contributed by atoms with Gasteiger partial charge in [-0.05, 0) is 40.6 Å². The van der Waals surface area contributed by atoms with Crippen molar-refractivity contribution in [3.8, 4) is 11.1 Å². The molecule has 0 amide bonds. The summed E-state index contributed by atoms with van der Waals surface area (Å²) >= 11 is 5.61. The van der Waals surface area contributed by atoms with Crippen molar-refractivity contribution in [1.82, 2.24) is 19.2 Å². The first-order chi connectivity index (χ1) is 11.1. The van der Waals surface area contributed by atoms with Crippen molar-refractivity contribution in [1.29, 1.82) is 0 Å². The molecule has 4 heterocycles. The number of nitrogens with two attached hydrogens (primary N) is 1. The van der Waals surface area contributed by atoms with Gasteiger partial charge in [-0.15, -0.1) is 0 Å². The molecule has 0 spiro atoms. The normalized spacial score (nSPS) is 18.6. The lowest BCUT2D eigenvalue weighted by Gasteiger charge is -2.22. The molecular weight excluding hydrogens is 374 g/mol. The van der Waals surface area contributed by atoms with Crippen molar-refractivity contribution in [2.24, 2.45) is 7.05 Å². The molecule has 1 aliphatic rings. The van der Waals surface area contributed by atoms with Crippen LogP contribution in [0, 0.1) is 0 Å². The summed E-state index contributed by atoms with van der Waals surface area (Å²) in [6.45, 7) is 0. The second kappa shape index (κ2) is 5.87. The molecule has 0 unspecified atom stereocenters. The molecule has 1 saturated heterocycles. The molecule has 0 radical (unpaired) electrons. The number of nitrogens with zero attached hydrogens (tertiary/aromatic N) is 4. The second-order valence-corrected chi connectivity index (χ2v) is 8.01. The number of nitrogen functional groups attached to an aromatic ring is 1. The Balaban J connectivity index is 1.89. The summed E-state index contributed by atoms with van der Waals surface area (Å²) in [4.78, 5) is 4.95. The van der Waals surface area contributed by atoms with Gasteiger partial charge in [0.05, 0.1) is 16.4 Å². The predicted octanol–water partition coefficient (Wildman–Crippen LogP) is 4.04. The summed E-state index contributed by atoms with van der Waals surface area (Å²) in [6, 6.07) is 2.08. The molecule has 0 aromatic carbocycles. The number of thioether (sulfide) groups is 1. The quantitative estimate of drug-likeness (QED) is 0.715. The third-order valence-corrected chi connectivity index (χ3v) is 6.47. The molecule has 23 heavy (non-hydrogen) atoms. The molecule has 3 aromatic heterocycles. The summed E-state index contributed by atoms with van der Waals surface area (Å²) in [5.41, 5.74) is 10.3. The van der Waals surface area contributed by atoms with Gasteiger partial charge < -0.3 is 10.3 Å². The zero-order valence-electron chi connectivity index (χ0n) is 12.9. The number of hydrogen-bond donors (Lipinski definition) is 1. The topological polar surface area (TPSA) is 61.1 Å². The van der Waals surface area contributed by atoms with Crippen molar-refractivity contribution >= 4 is 39.2 Å². The molecular formula is C16H18BrN5S. The first kappa shape index (κ1) is 15.1. The summed E-state index contributed by atoms with van der Waals surface area (Å²) in [6.07, 6.45) is 9.64. The largest absolute Gasteiger partial charge is 0.383 e. The zero-order chi connectivity index (χ0) is 16.0. The third-order valence-electron chi connectivity index (χ3n) is 4.28. The first-order valence-electron chi connectivity index (χ1n) is 7.71. The number of rotatable bonds is 2. The smallest absolute Gasteiger partial charge is 0.165 e. The van der Waals surface area contributed by atoms with Crippen LogP contribution in [-0.2, 0) is 7.05 Å². The van der Waals surface area contributed by atoms with Crippen molar-refractivity contribution < 1.29 is 0 Å². The van der Waals surface area contributed by atoms with E-state index in [0.29, 0.717) is 11.1 Å². The Hall–Kier alpha value is -1.47. The summed E-state index contributed by atoms with van der Waals surface area (Å²) in [5.74, 6) is 1.81. The fourth-order valence-electron chi connectivity index (χ4n) is 3.05. The van der Waals surface area contributed by atoms with Crippen LogP contribution in [0.2, 0.25) is 0 Å². The maximum Gasteiger partial charge on any atom is 0.165 e. The molecule has 3 aromatic rings. The standard InChI is InChI=1S/C16H18BrN5S/c1-21-6-5-10(9-21)11-8-19-22-15(18)13(17)14(20-16(11)22)12-4-2-3-7-23-12/h5-6,8-9,12H,2-4,7,18H2,1H3/t12-/m1/s1. The highest BCUT2D eigenvalue weighted by atomic mass is 79.9. The van der Waals surface area contributed by atoms with E-state index in [1.807, 2.05) is 35.8 Å². The molecule has 120 valence electrons. The second-order valence-electron chi connectivity index (χ2n) is 5.91. The van der Waals surface area contributed by atoms with E-state index in [2.05, 4.69) is 33.3 Å². The minimum Gasteiger partial charge on any atom is -0.383 e. The molecule has 4 rings (SSSR count). The van der Waals surface area contributed by atoms with E-state index in [9.17, 15) is 0 Å². The van der Waals surface area contributed by atoms with Gasteiger partial charge in [-0.25, -0.2) is 4.98 Å². The van der Waals surface area contributed by atoms with Gasteiger partial charge >= 0.3 is 0 Å². The minimum atomic E-state index is 0.406. The van der Waals surface area contributed by atoms with Crippen molar-refractivity contribution in [2.75, 3.05) is 11.5 Å². The molecule has 1 fully saturated rings. The molecule has 0 bridgehead atoms. The van der Waals surface area contributed by atoms with Crippen LogP contribution in [0.25, 0.3) is 16.8 Å². The number of aryl methyl sites for hydroxylation is 1. The Kier molecular flexibility index (Phi) is 3.85. The van der Waals surface area contributed by atoms with E-state index in [0.717, 1.165) is 33.4 Å². The van der Waals surface area contributed by atoms with E-state index < -0.39 is 0 Å². The van der Waals surface area contributed by atoms with Crippen LogP contribution < -0.4 is 5.73 Å². The SMILES string of the molecule is Cn1ccc(-c2cnn3c(N)c(Br)c([C@H]4CCCCS4)nc23)c1. The first-order valence-corrected chi connectivity index (χ1v) is 9.56. The average molecular weight is 392 g/mol. The number of anilines is 1. The third kappa shape index (κ3) is 2.55. The number of fused-ring (bicyclic) bond motifs is 1. The maximum atomic E-state index is 6.32. The van der Waals surface area contributed by atoms with Crippen molar-refractivity contribution in [3.05, 3.63) is 34.8 Å². The van der Waals surface area contributed by atoms with Gasteiger partial charge in [0.1, 0.15) is 5.82 Å². The Bertz CT molecular complexity index is 863. The lowest BCUT2D eigenvalue weighted by Crippen LogP contribution is -2.10. The van der Waals surface area contributed by atoms with Crippen LogP contribution in [0.15, 0.2) is 29.1 Å². The summed E-state index contributed by atoms with van der Waals surface area (Å²) in [5, 5.41) is 4.84. The van der Waals surface area contributed by atoms with E-state index in [4.69, 9.17) is 10.7 Å². The molecule has 0 aliphatic carbocycles. The highest BCUT2D eigenvalue weighted by molar-refractivity contribution is 9.10. The van der Waals surface area contributed by atoms with E-state index in [1.165, 1.54) is 18.6 Å². The van der Waals surface area contributed by atoms with Crippen molar-refractivity contribution in [3.63, 3.8) is 0 Å². The maximum absolute atomic E-state index is 6.32. The van der Waals surface area contributed by atoms with Crippen LogP contribution in [0.5, 0.6) is 0 Å². The van der Waals surface area contributed by atoms with Gasteiger partial charge in [0.25, 0.3) is 0 Å². The van der Waals surface area contributed by atoms with E-state index >= 15 is 0 Å². The fraction of sp³-hybridized carbons (Fsp3) is 0.375. The molecule has 2 N–H and O–H groups in total. The average Bonchev–Trinajstić information content (AvgIpc) is 3.17. The van der Waals surface area contributed by atoms with Gasteiger partial charge in [0.2, 0.25) is 0 Å². The van der Waals surface area contributed by atoms with Gasteiger partial charge in [-0.1, -0.05) is 6.42 Å². The van der Waals surface area contributed by atoms with Gasteiger partial charge in [0.15, 0.2) is 5.65 Å². The monoisotopic (exact) mass is 391 g/mol. The summed E-state index contributed by atoms with van der Waals surface area (Å²) in [7, 11) is 2.01. The summed E-state index contributed by atoms with van der Waals surface area (Å²) < 4.78 is 4.63. The van der Waals surface area contributed by atoms with E-state index in [-0.39, 0.29) is 0 Å². The Morgan fingerprint density at radius 3 is 2.96 bits per heavy atom. The Morgan fingerprint density at radius 2 is 2.26 bits per heavy atom. The Labute approximate surface area is 147 Å². The zero-order valence-corrected chi connectivity index (χ0v) is 15.3. The highest BCUT2D eigenvalue weighted by Crippen LogP contribution is 2.42. The lowest BCUT2D eigenvalue weighted by atomic mass is 10.1. The van der Waals surface area contributed by atoms with Gasteiger partial charge in [-0.3, -0.25) is 0 Å². The Morgan fingerprint density at radius 1 is 1.39 bits per heavy atom. The van der Waals surface area contributed by atoms with E-state index in [1.54, 1.807) is 4.52 Å². The van der Waals surface area contributed by atoms with Crippen LogP contribution in [0.1, 0.15) is 30.2 Å². The van der Waals surface area contributed by atoms with Crippen LogP contribution >= 0.6 is 27.7 Å². The van der Waals surface area contributed by atoms with Gasteiger partial charge in [0, 0.05) is 35.8 Å². The molecule has 1 aliphatic heterocycles. The molecule has 0 saturated carbocycles. The predicted molar refractivity (Wildman–Crippen MR) is 98.6 cm³/mol. The fourth-order valence-corrected chi connectivity index (χ4v) is 5.05. The lowest BCUT2D eigenvalue weighted by molar-refractivity contribution is 0.673. The number of halogens is 1. The number of hydrogen-bond acceptors (Lipinski definition) is 4. The molecule has 5 nitrogen and oxygen atoms in total. The molecule has 1 atom stereocenters. The number of aromatic nitrogens is 4. The van der Waals surface area contributed by atoms with Crippen LogP contribution in [-0.4, -0.2) is 24.9 Å².